The predicted molar refractivity (Wildman–Crippen MR) is 115 cm³/mol. The fraction of sp³-hybridized carbons (Fsp3) is 0.192. The lowest BCUT2D eigenvalue weighted by atomic mass is 9.94. The molecule has 0 radical (unpaired) electrons. The van der Waals surface area contributed by atoms with Gasteiger partial charge in [0, 0.05) is 24.0 Å². The number of benzene rings is 2. The van der Waals surface area contributed by atoms with E-state index >= 15 is 0 Å². The van der Waals surface area contributed by atoms with E-state index in [2.05, 4.69) is 0 Å². The highest BCUT2D eigenvalue weighted by molar-refractivity contribution is 6.28. The van der Waals surface area contributed by atoms with Crippen LogP contribution >= 0.6 is 0 Å². The first kappa shape index (κ1) is 19.8. The first-order valence-electron chi connectivity index (χ1n) is 10.0. The number of esters is 1. The predicted octanol–water partition coefficient (Wildman–Crippen LogP) is 4.72. The summed E-state index contributed by atoms with van der Waals surface area (Å²) in [5.74, 6) is -0.904. The van der Waals surface area contributed by atoms with E-state index in [0.717, 1.165) is 22.3 Å². The summed E-state index contributed by atoms with van der Waals surface area (Å²) in [6, 6.07) is 19.0. The highest BCUT2D eigenvalue weighted by Gasteiger charge is 2.40. The molecule has 4 heteroatoms. The molecule has 4 nitrogen and oxygen atoms in total. The van der Waals surface area contributed by atoms with E-state index in [1.807, 2.05) is 67.6 Å². The fourth-order valence-corrected chi connectivity index (χ4v) is 4.23. The first-order valence-corrected chi connectivity index (χ1v) is 10.0. The van der Waals surface area contributed by atoms with Gasteiger partial charge < -0.3 is 4.74 Å². The van der Waals surface area contributed by atoms with Gasteiger partial charge in [-0.05, 0) is 41.7 Å². The third kappa shape index (κ3) is 3.35. The van der Waals surface area contributed by atoms with E-state index in [0.29, 0.717) is 11.1 Å². The van der Waals surface area contributed by atoms with Crippen LogP contribution in [-0.4, -0.2) is 24.1 Å². The molecule has 0 bridgehead atoms. The summed E-state index contributed by atoms with van der Waals surface area (Å²) in [7, 11) is 0. The highest BCUT2D eigenvalue weighted by Crippen LogP contribution is 2.44. The zero-order chi connectivity index (χ0) is 21.3. The number of ether oxygens (including phenoxy) is 1. The van der Waals surface area contributed by atoms with Gasteiger partial charge in [0.15, 0.2) is 11.6 Å². The molecule has 0 N–H and O–H groups in total. The van der Waals surface area contributed by atoms with Crippen molar-refractivity contribution in [2.24, 2.45) is 0 Å². The van der Waals surface area contributed by atoms with Crippen molar-refractivity contribution in [3.8, 4) is 0 Å². The van der Waals surface area contributed by atoms with Crippen molar-refractivity contribution in [1.82, 2.24) is 0 Å². The van der Waals surface area contributed by atoms with E-state index in [4.69, 9.17) is 4.74 Å². The topological polar surface area (TPSA) is 60.4 Å². The van der Waals surface area contributed by atoms with Crippen molar-refractivity contribution in [2.45, 2.75) is 26.7 Å². The molecule has 2 aliphatic rings. The average molecular weight is 398 g/mol. The molecule has 0 fully saturated rings. The third-order valence-corrected chi connectivity index (χ3v) is 5.59. The summed E-state index contributed by atoms with van der Waals surface area (Å²) < 4.78 is 5.29. The van der Waals surface area contributed by atoms with E-state index in [1.165, 1.54) is 0 Å². The number of hydrogen-bond acceptors (Lipinski definition) is 4. The molecule has 4 rings (SSSR count). The van der Waals surface area contributed by atoms with Gasteiger partial charge in [-0.3, -0.25) is 9.59 Å². The van der Waals surface area contributed by atoms with Gasteiger partial charge in [0.2, 0.25) is 0 Å². The number of carbonyl (C=O) groups excluding carboxylic acids is 3. The Morgan fingerprint density at radius 2 is 1.30 bits per heavy atom. The Balaban J connectivity index is 1.95. The van der Waals surface area contributed by atoms with Gasteiger partial charge in [-0.1, -0.05) is 60.7 Å². The lowest BCUT2D eigenvalue weighted by molar-refractivity contribution is -0.138. The monoisotopic (exact) mass is 398 g/mol. The van der Waals surface area contributed by atoms with Gasteiger partial charge in [-0.25, -0.2) is 4.79 Å². The highest BCUT2D eigenvalue weighted by atomic mass is 16.5. The van der Waals surface area contributed by atoms with Crippen LogP contribution in [0.1, 0.15) is 37.8 Å². The van der Waals surface area contributed by atoms with Crippen LogP contribution in [0.15, 0.2) is 83.0 Å². The number of rotatable bonds is 4. The lowest BCUT2D eigenvalue weighted by Crippen LogP contribution is -2.14. The largest absolute Gasteiger partial charge is 0.462 e. The van der Waals surface area contributed by atoms with Gasteiger partial charge in [0.25, 0.3) is 0 Å². The van der Waals surface area contributed by atoms with Crippen molar-refractivity contribution in [1.29, 1.82) is 0 Å². The second kappa shape index (κ2) is 8.07. The van der Waals surface area contributed by atoms with Crippen molar-refractivity contribution in [3.63, 3.8) is 0 Å². The van der Waals surface area contributed by atoms with Crippen LogP contribution in [0.25, 0.3) is 11.1 Å². The summed E-state index contributed by atoms with van der Waals surface area (Å²) in [5, 5.41) is 0. The molecule has 0 saturated carbocycles. The number of ketones is 2. The van der Waals surface area contributed by atoms with E-state index in [9.17, 15) is 14.4 Å². The van der Waals surface area contributed by atoms with Gasteiger partial charge in [-0.2, -0.15) is 0 Å². The van der Waals surface area contributed by atoms with E-state index in [-0.39, 0.29) is 42.2 Å². The van der Waals surface area contributed by atoms with Gasteiger partial charge >= 0.3 is 5.97 Å². The maximum atomic E-state index is 13.1. The molecule has 0 atom stereocenters. The Kier molecular flexibility index (Phi) is 5.32. The van der Waals surface area contributed by atoms with Gasteiger partial charge in [-0.15, -0.1) is 0 Å². The minimum absolute atomic E-state index is 0.0816. The summed E-state index contributed by atoms with van der Waals surface area (Å²) >= 11 is 0. The van der Waals surface area contributed by atoms with Crippen molar-refractivity contribution in [2.75, 3.05) is 6.61 Å². The molecule has 2 aliphatic carbocycles. The molecule has 0 spiro atoms. The summed E-state index contributed by atoms with van der Waals surface area (Å²) in [4.78, 5) is 39.1. The summed E-state index contributed by atoms with van der Waals surface area (Å²) in [5.41, 5.74) is 4.81. The summed E-state index contributed by atoms with van der Waals surface area (Å²) in [6.07, 6.45) is 0.303. The zero-order valence-electron chi connectivity index (χ0n) is 17.0. The minimum Gasteiger partial charge on any atom is -0.462 e. The molecule has 30 heavy (non-hydrogen) atoms. The molecule has 0 aliphatic heterocycles. The van der Waals surface area contributed by atoms with Crippen LogP contribution in [0, 0.1) is 0 Å². The quantitative estimate of drug-likeness (QED) is 0.552. The van der Waals surface area contributed by atoms with Crippen molar-refractivity contribution in [3.05, 3.63) is 94.1 Å². The Bertz CT molecular complexity index is 1130. The fourth-order valence-electron chi connectivity index (χ4n) is 4.23. The Morgan fingerprint density at radius 3 is 1.87 bits per heavy atom. The van der Waals surface area contributed by atoms with Crippen LogP contribution < -0.4 is 0 Å². The van der Waals surface area contributed by atoms with Crippen LogP contribution in [0.4, 0.5) is 0 Å². The minimum atomic E-state index is -0.557. The smallest absolute Gasteiger partial charge is 0.339 e. The van der Waals surface area contributed by atoms with Crippen LogP contribution in [0.5, 0.6) is 0 Å². The second-order valence-electron chi connectivity index (χ2n) is 7.36. The molecular weight excluding hydrogens is 376 g/mol. The van der Waals surface area contributed by atoms with Gasteiger partial charge in [0.05, 0.1) is 12.2 Å². The maximum absolute atomic E-state index is 13.1. The van der Waals surface area contributed by atoms with Crippen molar-refractivity contribution >= 4 is 28.7 Å². The molecule has 150 valence electrons. The molecule has 0 heterocycles. The zero-order valence-corrected chi connectivity index (χ0v) is 17.0. The Labute approximate surface area is 175 Å². The number of carbonyl (C=O) groups is 3. The summed E-state index contributed by atoms with van der Waals surface area (Å²) in [6.45, 7) is 3.77. The Hall–Kier alpha value is -3.53. The maximum Gasteiger partial charge on any atom is 0.339 e. The number of Topliss-reactive ketones (excluding diaryl/α,β-unsaturated/α-hetero) is 2. The molecular formula is C26H22O4. The van der Waals surface area contributed by atoms with E-state index < -0.39 is 5.97 Å². The van der Waals surface area contributed by atoms with E-state index in [1.54, 1.807) is 6.92 Å². The van der Waals surface area contributed by atoms with Crippen LogP contribution in [0.2, 0.25) is 0 Å². The lowest BCUT2D eigenvalue weighted by Gasteiger charge is -2.11. The number of allylic oxidation sites excluding steroid dienone is 4. The normalized spacial score (nSPS) is 19.1. The first-order chi connectivity index (χ1) is 14.5. The molecule has 0 saturated heterocycles. The third-order valence-electron chi connectivity index (χ3n) is 5.59. The van der Waals surface area contributed by atoms with Crippen LogP contribution in [-0.2, 0) is 19.1 Å². The SMILES string of the molecule is CCOC(=O)C1=C(c2ccccc2)CC(=O)/C1=C1/C(=O)CC(c2ccccc2)=C1C. The second-order valence-corrected chi connectivity index (χ2v) is 7.36. The molecule has 2 aromatic carbocycles. The molecule has 0 amide bonds. The number of hydrogen-bond donors (Lipinski definition) is 0. The molecule has 0 aromatic heterocycles. The standard InChI is InChI=1S/C26H22O4/c1-3-30-26(29)24-20(18-12-8-5-9-13-18)15-22(28)25(24)23-16(2)19(14-21(23)27)17-10-6-4-7-11-17/h4-13H,3,14-15H2,1-2H3/b25-23-. The molecule has 0 unspecified atom stereocenters. The van der Waals surface area contributed by atoms with Crippen LogP contribution in [0.3, 0.4) is 0 Å². The average Bonchev–Trinajstić information content (AvgIpc) is 3.25. The van der Waals surface area contributed by atoms with Crippen molar-refractivity contribution < 1.29 is 19.1 Å². The Morgan fingerprint density at radius 1 is 0.800 bits per heavy atom. The van der Waals surface area contributed by atoms with Gasteiger partial charge in [0.1, 0.15) is 0 Å². The molecule has 2 aromatic rings.